The second-order valence-corrected chi connectivity index (χ2v) is 8.30. The number of piperidine rings is 1. The van der Waals surface area contributed by atoms with E-state index in [-0.39, 0.29) is 12.4 Å². The van der Waals surface area contributed by atoms with E-state index in [0.29, 0.717) is 31.4 Å². The smallest absolute Gasteiger partial charge is 0.290 e. The molecule has 0 unspecified atom stereocenters. The molecule has 2 saturated heterocycles. The van der Waals surface area contributed by atoms with Gasteiger partial charge >= 0.3 is 0 Å². The van der Waals surface area contributed by atoms with Crippen molar-refractivity contribution in [3.05, 3.63) is 35.6 Å². The average molecular weight is 436 g/mol. The van der Waals surface area contributed by atoms with Crippen LogP contribution < -0.4 is 10.2 Å². The zero-order valence-corrected chi connectivity index (χ0v) is 17.4. The standard InChI is InChI=1S/C18H23N5O3S.CH2O2/c1-17(21-14(24)13-2-7-19-8-3-13)6-11-26-18(15(17)25)4-9-23(10-5-18)16-22-20-12-27-16;2-1-3/h2-3,7-8,12,15,25H,4-6,9-11H2,1H3,(H,21,24);1H,(H,2,3)/t15-,17+;/m1./s1. The number of ether oxygens (including phenoxy) is 1. The first-order valence-corrected chi connectivity index (χ1v) is 10.5. The molecule has 0 radical (unpaired) electrons. The van der Waals surface area contributed by atoms with Gasteiger partial charge in [0.2, 0.25) is 5.13 Å². The average Bonchev–Trinajstić information content (AvgIpc) is 3.29. The Kier molecular flexibility index (Phi) is 6.95. The molecule has 0 aliphatic carbocycles. The number of aliphatic hydroxyl groups excluding tert-OH is 1. The molecule has 1 spiro atoms. The number of nitrogens with zero attached hydrogens (tertiary/aromatic N) is 4. The maximum absolute atomic E-state index is 12.6. The maximum Gasteiger partial charge on any atom is 0.290 e. The topological polar surface area (TPSA) is 138 Å². The van der Waals surface area contributed by atoms with Gasteiger partial charge in [-0.3, -0.25) is 14.6 Å². The van der Waals surface area contributed by atoms with Crippen molar-refractivity contribution >= 4 is 28.8 Å². The summed E-state index contributed by atoms with van der Waals surface area (Å²) in [6, 6.07) is 3.33. The van der Waals surface area contributed by atoms with Gasteiger partial charge in [-0.1, -0.05) is 11.3 Å². The Morgan fingerprint density at radius 1 is 1.33 bits per heavy atom. The van der Waals surface area contributed by atoms with Crippen molar-refractivity contribution < 1.29 is 24.5 Å². The van der Waals surface area contributed by atoms with Crippen LogP contribution in [-0.4, -0.2) is 74.7 Å². The number of aliphatic hydroxyl groups is 1. The maximum atomic E-state index is 12.6. The number of aromatic nitrogens is 3. The van der Waals surface area contributed by atoms with E-state index in [2.05, 4.69) is 25.4 Å². The zero-order valence-electron chi connectivity index (χ0n) is 16.6. The third kappa shape index (κ3) is 4.58. The van der Waals surface area contributed by atoms with Crippen LogP contribution in [0.25, 0.3) is 0 Å². The molecule has 2 aliphatic heterocycles. The van der Waals surface area contributed by atoms with Gasteiger partial charge in [0.1, 0.15) is 11.6 Å². The van der Waals surface area contributed by atoms with Crippen LogP contribution in [0.4, 0.5) is 5.13 Å². The first-order valence-electron chi connectivity index (χ1n) is 9.58. The fourth-order valence-electron chi connectivity index (χ4n) is 4.03. The van der Waals surface area contributed by atoms with Gasteiger partial charge in [-0.25, -0.2) is 0 Å². The van der Waals surface area contributed by atoms with Crippen molar-refractivity contribution in [2.24, 2.45) is 0 Å². The van der Waals surface area contributed by atoms with E-state index in [4.69, 9.17) is 14.6 Å². The third-order valence-corrected chi connectivity index (χ3v) is 6.43. The second kappa shape index (κ2) is 9.45. The predicted octanol–water partition coefficient (Wildman–Crippen LogP) is 0.943. The van der Waals surface area contributed by atoms with Crippen LogP contribution in [0.5, 0.6) is 0 Å². The summed E-state index contributed by atoms with van der Waals surface area (Å²) in [4.78, 5) is 27.1. The van der Waals surface area contributed by atoms with Gasteiger partial charge in [0.25, 0.3) is 12.4 Å². The first-order chi connectivity index (χ1) is 14.4. The van der Waals surface area contributed by atoms with E-state index in [1.54, 1.807) is 30.0 Å². The number of nitrogens with one attached hydrogen (secondary N) is 1. The Bertz CT molecular complexity index is 829. The van der Waals surface area contributed by atoms with Crippen molar-refractivity contribution in [1.82, 2.24) is 20.5 Å². The molecule has 2 fully saturated rings. The van der Waals surface area contributed by atoms with Crippen LogP contribution in [0.3, 0.4) is 0 Å². The molecule has 2 aliphatic rings. The van der Waals surface area contributed by atoms with Gasteiger partial charge in [0.15, 0.2) is 0 Å². The molecule has 162 valence electrons. The van der Waals surface area contributed by atoms with Gasteiger partial charge < -0.3 is 25.2 Å². The van der Waals surface area contributed by atoms with Crippen molar-refractivity contribution in [3.8, 4) is 0 Å². The molecule has 2 atom stereocenters. The van der Waals surface area contributed by atoms with E-state index in [1.807, 2.05) is 6.92 Å². The quantitative estimate of drug-likeness (QED) is 0.601. The lowest BCUT2D eigenvalue weighted by atomic mass is 9.73. The van der Waals surface area contributed by atoms with Gasteiger partial charge in [0, 0.05) is 37.7 Å². The number of pyridine rings is 1. The summed E-state index contributed by atoms with van der Waals surface area (Å²) in [5.74, 6) is -0.206. The summed E-state index contributed by atoms with van der Waals surface area (Å²) >= 11 is 1.51. The Hall–Kier alpha value is -2.63. The fourth-order valence-corrected chi connectivity index (χ4v) is 4.64. The SMILES string of the molecule is C[C@]1(NC(=O)c2ccncc2)CCOC2(CCN(c3nncs3)CC2)[C@@H]1O.O=CO. The van der Waals surface area contributed by atoms with Gasteiger partial charge in [-0.2, -0.15) is 0 Å². The van der Waals surface area contributed by atoms with Crippen LogP contribution in [0.1, 0.15) is 36.5 Å². The lowest BCUT2D eigenvalue weighted by Crippen LogP contribution is -2.69. The minimum Gasteiger partial charge on any atom is -0.483 e. The Morgan fingerprint density at radius 2 is 2.00 bits per heavy atom. The van der Waals surface area contributed by atoms with Crippen LogP contribution >= 0.6 is 11.3 Å². The summed E-state index contributed by atoms with van der Waals surface area (Å²) in [5.41, 5.74) is 0.852. The van der Waals surface area contributed by atoms with Crippen LogP contribution in [-0.2, 0) is 9.53 Å². The normalized spacial score (nSPS) is 25.1. The highest BCUT2D eigenvalue weighted by molar-refractivity contribution is 7.13. The minimum atomic E-state index is -0.791. The van der Waals surface area contributed by atoms with E-state index in [9.17, 15) is 9.90 Å². The molecule has 0 aromatic carbocycles. The van der Waals surface area contributed by atoms with Crippen molar-refractivity contribution in [2.45, 2.75) is 43.4 Å². The van der Waals surface area contributed by atoms with E-state index in [1.165, 1.54) is 11.3 Å². The summed E-state index contributed by atoms with van der Waals surface area (Å²) < 4.78 is 6.10. The summed E-state index contributed by atoms with van der Waals surface area (Å²) in [7, 11) is 0. The first kappa shape index (κ1) is 22.1. The lowest BCUT2D eigenvalue weighted by Gasteiger charge is -2.53. The van der Waals surface area contributed by atoms with Crippen molar-refractivity contribution in [2.75, 3.05) is 24.6 Å². The van der Waals surface area contributed by atoms with E-state index < -0.39 is 17.2 Å². The van der Waals surface area contributed by atoms with Crippen LogP contribution in [0.2, 0.25) is 0 Å². The van der Waals surface area contributed by atoms with Crippen molar-refractivity contribution in [1.29, 1.82) is 0 Å². The molecular weight excluding hydrogens is 410 g/mol. The van der Waals surface area contributed by atoms with Crippen molar-refractivity contribution in [3.63, 3.8) is 0 Å². The largest absolute Gasteiger partial charge is 0.483 e. The molecule has 3 N–H and O–H groups in total. The summed E-state index contributed by atoms with van der Waals surface area (Å²) in [6.45, 7) is 3.63. The Balaban J connectivity index is 0.000000806. The number of carbonyl (C=O) groups excluding carboxylic acids is 1. The van der Waals surface area contributed by atoms with Gasteiger partial charge in [0.05, 0.1) is 11.1 Å². The van der Waals surface area contributed by atoms with Crippen LogP contribution in [0.15, 0.2) is 30.0 Å². The number of anilines is 1. The number of carbonyl (C=O) groups is 2. The van der Waals surface area contributed by atoms with Gasteiger partial charge in [-0.05, 0) is 38.3 Å². The number of rotatable bonds is 3. The van der Waals surface area contributed by atoms with Crippen LogP contribution in [0, 0.1) is 0 Å². The summed E-state index contributed by atoms with van der Waals surface area (Å²) in [6.07, 6.45) is 4.29. The molecule has 10 nitrogen and oxygen atoms in total. The highest BCUT2D eigenvalue weighted by atomic mass is 32.1. The predicted molar refractivity (Wildman–Crippen MR) is 109 cm³/mol. The number of hydrogen-bond donors (Lipinski definition) is 3. The molecule has 4 heterocycles. The fraction of sp³-hybridized carbons (Fsp3) is 0.526. The molecule has 1 amide bonds. The Labute approximate surface area is 177 Å². The summed E-state index contributed by atoms with van der Waals surface area (Å²) in [5, 5.41) is 30.1. The number of amides is 1. The number of carboxylic acid groups (broad SMARTS) is 1. The molecule has 4 rings (SSSR count). The second-order valence-electron chi connectivity index (χ2n) is 7.49. The monoisotopic (exact) mass is 435 g/mol. The highest BCUT2D eigenvalue weighted by Gasteiger charge is 2.54. The van der Waals surface area contributed by atoms with Gasteiger partial charge in [-0.15, -0.1) is 10.2 Å². The highest BCUT2D eigenvalue weighted by Crippen LogP contribution is 2.40. The van der Waals surface area contributed by atoms with E-state index >= 15 is 0 Å². The molecule has 0 bridgehead atoms. The molecule has 11 heteroatoms. The molecule has 2 aromatic heterocycles. The Morgan fingerprint density at radius 3 is 2.60 bits per heavy atom. The zero-order chi connectivity index (χ0) is 21.6. The number of hydrogen-bond acceptors (Lipinski definition) is 9. The third-order valence-electron chi connectivity index (χ3n) is 5.68. The minimum absolute atomic E-state index is 0.206. The molecule has 30 heavy (non-hydrogen) atoms. The molecule has 0 saturated carbocycles. The molecular formula is C19H25N5O5S. The molecule has 2 aromatic rings. The van der Waals surface area contributed by atoms with E-state index in [0.717, 1.165) is 18.2 Å². The lowest BCUT2D eigenvalue weighted by molar-refractivity contribution is -0.195.